The van der Waals surface area contributed by atoms with Crippen molar-refractivity contribution in [3.63, 3.8) is 0 Å². The van der Waals surface area contributed by atoms with Gasteiger partial charge in [-0.2, -0.15) is 0 Å². The van der Waals surface area contributed by atoms with Crippen LogP contribution in [-0.2, 0) is 12.8 Å². The van der Waals surface area contributed by atoms with Crippen LogP contribution in [0.3, 0.4) is 0 Å². The van der Waals surface area contributed by atoms with Gasteiger partial charge in [0.05, 0.1) is 0 Å². The number of fused-ring (bicyclic) bond motifs is 2. The zero-order chi connectivity index (χ0) is 16.7. The van der Waals surface area contributed by atoms with Crippen molar-refractivity contribution < 1.29 is 8.78 Å². The zero-order valence-corrected chi connectivity index (χ0v) is 14.9. The Morgan fingerprint density at radius 3 is 2.38 bits per heavy atom. The number of hydrogen-bond donors (Lipinski definition) is 0. The summed E-state index contributed by atoms with van der Waals surface area (Å²) < 4.78 is 27.4. The molecule has 3 aliphatic rings. The van der Waals surface area contributed by atoms with Crippen LogP contribution in [0.5, 0.6) is 0 Å². The Morgan fingerprint density at radius 2 is 1.58 bits per heavy atom. The van der Waals surface area contributed by atoms with Crippen LogP contribution in [0.2, 0.25) is 0 Å². The van der Waals surface area contributed by atoms with Crippen LogP contribution in [0.15, 0.2) is 12.1 Å². The van der Waals surface area contributed by atoms with E-state index in [2.05, 4.69) is 6.92 Å². The van der Waals surface area contributed by atoms with Crippen molar-refractivity contribution in [2.75, 3.05) is 0 Å². The highest BCUT2D eigenvalue weighted by molar-refractivity contribution is 5.32. The molecule has 0 heterocycles. The first kappa shape index (κ1) is 16.5. The summed E-state index contributed by atoms with van der Waals surface area (Å²) in [5, 5.41) is 0. The van der Waals surface area contributed by atoms with Gasteiger partial charge in [0.2, 0.25) is 0 Å². The molecule has 2 fully saturated rings. The Labute approximate surface area is 145 Å². The normalized spacial score (nSPS) is 36.0. The minimum absolute atomic E-state index is 0.590. The molecule has 0 aromatic heterocycles. The van der Waals surface area contributed by atoms with E-state index in [-0.39, 0.29) is 0 Å². The van der Waals surface area contributed by atoms with Gasteiger partial charge in [0.15, 0.2) is 11.6 Å². The van der Waals surface area contributed by atoms with E-state index in [4.69, 9.17) is 0 Å². The fraction of sp³-hybridized carbons (Fsp3) is 0.727. The lowest BCUT2D eigenvalue weighted by molar-refractivity contribution is 0.0706. The van der Waals surface area contributed by atoms with Gasteiger partial charge in [-0.05, 0) is 98.1 Å². The van der Waals surface area contributed by atoms with Crippen LogP contribution >= 0.6 is 0 Å². The molecule has 0 aliphatic heterocycles. The Kier molecular flexibility index (Phi) is 4.66. The summed E-state index contributed by atoms with van der Waals surface area (Å²) in [6, 6.07) is 3.15. The van der Waals surface area contributed by atoms with E-state index in [9.17, 15) is 8.78 Å². The van der Waals surface area contributed by atoms with Crippen molar-refractivity contribution >= 4 is 0 Å². The average Bonchev–Trinajstić information content (AvgIpc) is 2.63. The van der Waals surface area contributed by atoms with Crippen LogP contribution in [0.25, 0.3) is 0 Å². The topological polar surface area (TPSA) is 0 Å². The van der Waals surface area contributed by atoms with Crippen LogP contribution in [-0.4, -0.2) is 0 Å². The summed E-state index contributed by atoms with van der Waals surface area (Å²) in [6.45, 7) is 2.35. The SMILES string of the molecule is CCC1CCC2CC(C3CCc4c(ccc(F)c4F)C3)CCC2C1. The van der Waals surface area contributed by atoms with Crippen molar-refractivity contribution in [1.29, 1.82) is 0 Å². The minimum Gasteiger partial charge on any atom is -0.204 e. The smallest absolute Gasteiger partial charge is 0.162 e. The first-order valence-corrected chi connectivity index (χ1v) is 10.1. The number of benzene rings is 1. The first-order chi connectivity index (χ1) is 11.7. The van der Waals surface area contributed by atoms with Gasteiger partial charge < -0.3 is 0 Å². The summed E-state index contributed by atoms with van der Waals surface area (Å²) >= 11 is 0. The second-order valence-corrected chi connectivity index (χ2v) is 8.68. The molecule has 0 N–H and O–H groups in total. The summed E-state index contributed by atoms with van der Waals surface area (Å²) in [7, 11) is 0. The maximum Gasteiger partial charge on any atom is 0.162 e. The molecule has 0 saturated heterocycles. The van der Waals surface area contributed by atoms with Gasteiger partial charge in [-0.3, -0.25) is 0 Å². The van der Waals surface area contributed by atoms with Crippen molar-refractivity contribution in [3.8, 4) is 0 Å². The fourth-order valence-corrected chi connectivity index (χ4v) is 6.03. The number of halogens is 2. The van der Waals surface area contributed by atoms with Crippen LogP contribution in [0.4, 0.5) is 8.78 Å². The number of hydrogen-bond acceptors (Lipinski definition) is 0. The van der Waals surface area contributed by atoms with Crippen molar-refractivity contribution in [2.24, 2.45) is 29.6 Å². The predicted molar refractivity (Wildman–Crippen MR) is 93.8 cm³/mol. The van der Waals surface area contributed by atoms with Crippen LogP contribution < -0.4 is 0 Å². The Balaban J connectivity index is 1.42. The molecule has 0 nitrogen and oxygen atoms in total. The lowest BCUT2D eigenvalue weighted by atomic mass is 9.61. The summed E-state index contributed by atoms with van der Waals surface area (Å²) in [6.07, 6.45) is 12.6. The van der Waals surface area contributed by atoms with Gasteiger partial charge in [-0.25, -0.2) is 8.78 Å². The van der Waals surface area contributed by atoms with E-state index in [1.807, 2.05) is 6.07 Å². The molecule has 24 heavy (non-hydrogen) atoms. The molecule has 2 saturated carbocycles. The van der Waals surface area contributed by atoms with Gasteiger partial charge in [0, 0.05) is 0 Å². The van der Waals surface area contributed by atoms with E-state index < -0.39 is 11.6 Å². The van der Waals surface area contributed by atoms with E-state index in [0.717, 1.165) is 48.5 Å². The first-order valence-electron chi connectivity index (χ1n) is 10.1. The molecule has 5 unspecified atom stereocenters. The summed E-state index contributed by atoms with van der Waals surface area (Å²) in [4.78, 5) is 0. The molecule has 132 valence electrons. The highest BCUT2D eigenvalue weighted by Crippen LogP contribution is 2.48. The Morgan fingerprint density at radius 1 is 0.875 bits per heavy atom. The van der Waals surface area contributed by atoms with E-state index in [0.29, 0.717) is 11.5 Å². The standard InChI is InChI=1S/C22H30F2/c1-2-14-3-4-16-12-17(6-5-15(16)11-14)18-7-9-20-19(13-18)8-10-21(23)22(20)24/h8,10,14-18H,2-7,9,11-13H2,1H3. The third-order valence-electron chi connectivity index (χ3n) is 7.55. The van der Waals surface area contributed by atoms with Crippen molar-refractivity contribution in [1.82, 2.24) is 0 Å². The van der Waals surface area contributed by atoms with Gasteiger partial charge >= 0.3 is 0 Å². The van der Waals surface area contributed by atoms with Crippen molar-refractivity contribution in [3.05, 3.63) is 34.9 Å². The molecule has 1 aromatic carbocycles. The van der Waals surface area contributed by atoms with E-state index >= 15 is 0 Å². The molecule has 0 spiro atoms. The second kappa shape index (κ2) is 6.77. The minimum atomic E-state index is -0.680. The van der Waals surface area contributed by atoms with Crippen LogP contribution in [0, 0.1) is 41.2 Å². The molecule has 2 heteroatoms. The summed E-state index contributed by atoms with van der Waals surface area (Å²) in [5.41, 5.74) is 1.73. The lowest BCUT2D eigenvalue weighted by Gasteiger charge is -2.45. The fourth-order valence-electron chi connectivity index (χ4n) is 6.03. The van der Waals surface area contributed by atoms with E-state index in [1.165, 1.54) is 51.0 Å². The van der Waals surface area contributed by atoms with Gasteiger partial charge in [-0.1, -0.05) is 25.8 Å². The molecule has 5 atom stereocenters. The van der Waals surface area contributed by atoms with Gasteiger partial charge in [0.1, 0.15) is 0 Å². The highest BCUT2D eigenvalue weighted by Gasteiger charge is 2.38. The Hall–Kier alpha value is -0.920. The maximum absolute atomic E-state index is 14.0. The lowest BCUT2D eigenvalue weighted by Crippen LogP contribution is -2.35. The quantitative estimate of drug-likeness (QED) is 0.595. The van der Waals surface area contributed by atoms with Crippen LogP contribution in [0.1, 0.15) is 69.4 Å². The molecule has 0 radical (unpaired) electrons. The molecule has 0 bridgehead atoms. The van der Waals surface area contributed by atoms with Gasteiger partial charge in [0.25, 0.3) is 0 Å². The summed E-state index contributed by atoms with van der Waals surface area (Å²) in [5.74, 6) is 3.12. The third kappa shape index (κ3) is 3.02. The predicted octanol–water partition coefficient (Wildman–Crippen LogP) is 6.31. The molecule has 3 aliphatic carbocycles. The zero-order valence-electron chi connectivity index (χ0n) is 14.9. The van der Waals surface area contributed by atoms with Crippen molar-refractivity contribution in [2.45, 2.75) is 71.1 Å². The largest absolute Gasteiger partial charge is 0.204 e. The second-order valence-electron chi connectivity index (χ2n) is 8.68. The maximum atomic E-state index is 14.0. The molecule has 0 amide bonds. The average molecular weight is 332 g/mol. The van der Waals surface area contributed by atoms with Gasteiger partial charge in [-0.15, -0.1) is 0 Å². The Bertz CT molecular complexity index is 594. The number of rotatable bonds is 2. The molecule has 4 rings (SSSR count). The molecule has 1 aromatic rings. The highest BCUT2D eigenvalue weighted by atomic mass is 19.2. The van der Waals surface area contributed by atoms with E-state index in [1.54, 1.807) is 0 Å². The monoisotopic (exact) mass is 332 g/mol. The molecular formula is C22H30F2. The third-order valence-corrected chi connectivity index (χ3v) is 7.55. The molecular weight excluding hydrogens is 302 g/mol.